The van der Waals surface area contributed by atoms with Crippen molar-refractivity contribution in [2.45, 2.75) is 51.9 Å². The van der Waals surface area contributed by atoms with Crippen molar-refractivity contribution in [3.63, 3.8) is 0 Å². The fourth-order valence-corrected chi connectivity index (χ4v) is 1.94. The molecule has 0 nitrogen and oxygen atoms in total. The van der Waals surface area contributed by atoms with E-state index in [4.69, 9.17) is 0 Å². The zero-order valence-electron chi connectivity index (χ0n) is 10.1. The van der Waals surface area contributed by atoms with Crippen LogP contribution in [0.3, 0.4) is 0 Å². The largest absolute Gasteiger partial charge is 1.00 e. The van der Waals surface area contributed by atoms with Gasteiger partial charge >= 0.3 is 58.4 Å². The van der Waals surface area contributed by atoms with Gasteiger partial charge in [-0.15, -0.1) is 5.98 Å². The average molecular weight is 325 g/mol. The second kappa shape index (κ2) is 11.8. The molecular formula is C10H18BBrF3K. The molecule has 0 aliphatic carbocycles. The SMILES string of the molecule is CCCCCCCC/C(Br)=C/[B-](F)(F)F.[K+]. The van der Waals surface area contributed by atoms with Gasteiger partial charge in [-0.3, -0.25) is 0 Å². The molecular weight excluding hydrogens is 307 g/mol. The molecule has 0 atom stereocenters. The van der Waals surface area contributed by atoms with Crippen LogP contribution in [0.4, 0.5) is 12.9 Å². The minimum atomic E-state index is -4.79. The molecule has 6 heteroatoms. The Bertz CT molecular complexity index is 195. The van der Waals surface area contributed by atoms with Crippen LogP contribution in [0.2, 0.25) is 0 Å². The van der Waals surface area contributed by atoms with Gasteiger partial charge in [-0.05, 0) is 17.3 Å². The molecule has 90 valence electrons. The number of unbranched alkanes of at least 4 members (excludes halogenated alkanes) is 5. The Morgan fingerprint density at radius 2 is 1.56 bits per heavy atom. The molecule has 16 heavy (non-hydrogen) atoms. The number of hydrogen-bond donors (Lipinski definition) is 0. The average Bonchev–Trinajstić information content (AvgIpc) is 2.08. The van der Waals surface area contributed by atoms with E-state index in [1.54, 1.807) is 0 Å². The summed E-state index contributed by atoms with van der Waals surface area (Å²) in [5.74, 6) is 0.395. The molecule has 0 aliphatic heterocycles. The Morgan fingerprint density at radius 1 is 1.06 bits per heavy atom. The van der Waals surface area contributed by atoms with E-state index in [1.807, 2.05) is 0 Å². The minimum Gasteiger partial charge on any atom is -0.445 e. The van der Waals surface area contributed by atoms with Crippen molar-refractivity contribution in [2.24, 2.45) is 0 Å². The third-order valence-electron chi connectivity index (χ3n) is 2.14. The first-order valence-corrected chi connectivity index (χ1v) is 6.32. The molecule has 0 N–H and O–H groups in total. The van der Waals surface area contributed by atoms with E-state index in [2.05, 4.69) is 22.9 Å². The van der Waals surface area contributed by atoms with Crippen molar-refractivity contribution in [3.05, 3.63) is 10.5 Å². The fourth-order valence-electron chi connectivity index (χ4n) is 1.36. The normalized spacial score (nSPS) is 12.4. The molecule has 0 bridgehead atoms. The molecule has 0 fully saturated rings. The third kappa shape index (κ3) is 15.7. The topological polar surface area (TPSA) is 0 Å². The summed E-state index contributed by atoms with van der Waals surface area (Å²) in [6, 6.07) is 0. The molecule has 0 amide bonds. The van der Waals surface area contributed by atoms with E-state index in [0.717, 1.165) is 19.3 Å². The van der Waals surface area contributed by atoms with E-state index in [0.29, 0.717) is 12.4 Å². The molecule has 0 radical (unpaired) electrons. The summed E-state index contributed by atoms with van der Waals surface area (Å²) in [5.41, 5.74) is 0. The van der Waals surface area contributed by atoms with Gasteiger partial charge in [-0.25, -0.2) is 0 Å². The van der Waals surface area contributed by atoms with Crippen molar-refractivity contribution < 1.29 is 64.3 Å². The van der Waals surface area contributed by atoms with E-state index in [1.165, 1.54) is 19.3 Å². The zero-order chi connectivity index (χ0) is 11.7. The van der Waals surface area contributed by atoms with E-state index >= 15 is 0 Å². The van der Waals surface area contributed by atoms with E-state index < -0.39 is 6.98 Å². The van der Waals surface area contributed by atoms with Crippen LogP contribution in [0.1, 0.15) is 51.9 Å². The van der Waals surface area contributed by atoms with Gasteiger partial charge < -0.3 is 12.9 Å². The predicted octanol–water partition coefficient (Wildman–Crippen LogP) is 2.41. The van der Waals surface area contributed by atoms with Gasteiger partial charge in [0.05, 0.1) is 0 Å². The van der Waals surface area contributed by atoms with Gasteiger partial charge in [0.25, 0.3) is 0 Å². The Morgan fingerprint density at radius 3 is 2.06 bits per heavy atom. The van der Waals surface area contributed by atoms with Crippen LogP contribution in [-0.4, -0.2) is 6.98 Å². The minimum absolute atomic E-state index is 0. The second-order valence-electron chi connectivity index (χ2n) is 3.76. The quantitative estimate of drug-likeness (QED) is 0.475. The van der Waals surface area contributed by atoms with Gasteiger partial charge in [-0.1, -0.05) is 55.0 Å². The molecule has 0 heterocycles. The van der Waals surface area contributed by atoms with Crippen LogP contribution in [0, 0.1) is 0 Å². The summed E-state index contributed by atoms with van der Waals surface area (Å²) in [6.07, 6.45) is 7.11. The molecule has 0 saturated carbocycles. The van der Waals surface area contributed by atoms with Gasteiger partial charge in [0, 0.05) is 0 Å². The van der Waals surface area contributed by atoms with Crippen LogP contribution >= 0.6 is 15.9 Å². The Balaban J connectivity index is 0. The first-order valence-electron chi connectivity index (χ1n) is 5.53. The number of halogens is 4. The van der Waals surface area contributed by atoms with Crippen molar-refractivity contribution in [1.29, 1.82) is 0 Å². The molecule has 0 saturated heterocycles. The van der Waals surface area contributed by atoms with Crippen LogP contribution in [-0.2, 0) is 0 Å². The Kier molecular flexibility index (Phi) is 14.8. The van der Waals surface area contributed by atoms with Crippen LogP contribution in [0.25, 0.3) is 0 Å². The molecule has 0 aromatic heterocycles. The first-order chi connectivity index (χ1) is 6.95. The van der Waals surface area contributed by atoms with Crippen LogP contribution in [0.5, 0.6) is 0 Å². The molecule has 0 aromatic carbocycles. The van der Waals surface area contributed by atoms with Crippen LogP contribution < -0.4 is 51.4 Å². The van der Waals surface area contributed by atoms with Gasteiger partial charge in [0.15, 0.2) is 0 Å². The Hall–Kier alpha value is 1.71. The van der Waals surface area contributed by atoms with Gasteiger partial charge in [0.2, 0.25) is 0 Å². The number of allylic oxidation sites excluding steroid dienone is 1. The van der Waals surface area contributed by atoms with Crippen molar-refractivity contribution >= 4 is 22.9 Å². The summed E-state index contributed by atoms with van der Waals surface area (Å²) < 4.78 is 36.1. The second-order valence-corrected chi connectivity index (χ2v) is 4.78. The summed E-state index contributed by atoms with van der Waals surface area (Å²) >= 11 is 2.95. The fraction of sp³-hybridized carbons (Fsp3) is 0.800. The third-order valence-corrected chi connectivity index (χ3v) is 2.80. The molecule has 0 aromatic rings. The number of hydrogen-bond acceptors (Lipinski definition) is 0. The molecule has 0 rings (SSSR count). The van der Waals surface area contributed by atoms with E-state index in [9.17, 15) is 12.9 Å². The first kappa shape index (κ1) is 20.0. The maximum atomic E-state index is 11.9. The maximum Gasteiger partial charge on any atom is 1.00 e. The van der Waals surface area contributed by atoms with Crippen LogP contribution in [0.15, 0.2) is 10.5 Å². The molecule has 0 unspecified atom stereocenters. The smallest absolute Gasteiger partial charge is 0.445 e. The van der Waals surface area contributed by atoms with Crippen molar-refractivity contribution in [2.75, 3.05) is 0 Å². The molecule has 0 aliphatic rings. The monoisotopic (exact) mass is 324 g/mol. The summed E-state index contributed by atoms with van der Waals surface area (Å²) in [5, 5.41) is 0. The summed E-state index contributed by atoms with van der Waals surface area (Å²) in [4.78, 5) is 0. The van der Waals surface area contributed by atoms with E-state index in [-0.39, 0.29) is 55.9 Å². The summed E-state index contributed by atoms with van der Waals surface area (Å²) in [6.45, 7) is -2.64. The standard InChI is InChI=1S/C10H18BBrF3.K/c1-2-3-4-5-6-7-8-10(12)9-11(13,14)15;/h9H,2-8H2,1H3;/q-1;+1/b10-9-;. The summed E-state index contributed by atoms with van der Waals surface area (Å²) in [7, 11) is 0. The van der Waals surface area contributed by atoms with Crippen molar-refractivity contribution in [3.8, 4) is 0 Å². The Labute approximate surface area is 147 Å². The van der Waals surface area contributed by atoms with Gasteiger partial charge in [0.1, 0.15) is 0 Å². The zero-order valence-corrected chi connectivity index (χ0v) is 14.8. The maximum absolute atomic E-state index is 11.9. The number of rotatable bonds is 8. The van der Waals surface area contributed by atoms with Crippen molar-refractivity contribution in [1.82, 2.24) is 0 Å². The molecule has 0 spiro atoms. The van der Waals surface area contributed by atoms with Gasteiger partial charge in [-0.2, -0.15) is 0 Å². The predicted molar refractivity (Wildman–Crippen MR) is 64.1 cm³/mol.